The minimum atomic E-state index is -2.32. The summed E-state index contributed by atoms with van der Waals surface area (Å²) in [5, 5.41) is 27.2. The smallest absolute Gasteiger partial charge is 0.269 e. The van der Waals surface area contributed by atoms with Crippen LogP contribution in [-0.2, 0) is 0 Å². The number of benzene rings is 1. The molecule has 3 N–H and O–H groups in total. The largest absolute Gasteiger partial charge is 0.491 e. The van der Waals surface area contributed by atoms with Gasteiger partial charge in [-0.2, -0.15) is 0 Å². The quantitative estimate of drug-likeness (QED) is 0.224. The highest BCUT2D eigenvalue weighted by atomic mass is 19.3. The van der Waals surface area contributed by atoms with E-state index in [9.17, 15) is 24.0 Å². The molecule has 168 valence electrons. The maximum atomic E-state index is 12.5. The van der Waals surface area contributed by atoms with E-state index in [1.165, 1.54) is 24.3 Å². The van der Waals surface area contributed by atoms with Crippen molar-refractivity contribution in [3.05, 3.63) is 34.4 Å². The second-order valence-corrected chi connectivity index (χ2v) is 7.05. The van der Waals surface area contributed by atoms with E-state index in [0.717, 1.165) is 12.8 Å². The lowest BCUT2D eigenvalue weighted by atomic mass is 10.1. The summed E-state index contributed by atoms with van der Waals surface area (Å²) in [6.07, 6.45) is -1.70. The molecule has 0 amide bonds. The summed E-state index contributed by atoms with van der Waals surface area (Å²) < 4.78 is 30.4. The Labute approximate surface area is 174 Å². The molecule has 1 aliphatic heterocycles. The van der Waals surface area contributed by atoms with Crippen molar-refractivity contribution in [2.45, 2.75) is 38.3 Å². The van der Waals surface area contributed by atoms with Crippen LogP contribution in [0.5, 0.6) is 5.75 Å². The number of nitro benzene ring substituents is 1. The Morgan fingerprint density at radius 3 is 2.60 bits per heavy atom. The SMILES string of the molecule is CCNC(=NCC(O)COc1ccc([N+](=O)[O-])cc1)NC1CCN(CC(F)F)CC1. The van der Waals surface area contributed by atoms with Gasteiger partial charge in [0, 0.05) is 37.8 Å². The van der Waals surface area contributed by atoms with Gasteiger partial charge in [0.25, 0.3) is 12.1 Å². The second kappa shape index (κ2) is 12.2. The molecule has 1 saturated heterocycles. The average Bonchev–Trinajstić information content (AvgIpc) is 2.72. The van der Waals surface area contributed by atoms with Crippen LogP contribution in [-0.4, -0.2) is 78.8 Å². The molecule has 11 heteroatoms. The Hall–Kier alpha value is -2.53. The van der Waals surface area contributed by atoms with E-state index >= 15 is 0 Å². The van der Waals surface area contributed by atoms with Crippen molar-refractivity contribution >= 4 is 11.6 Å². The van der Waals surface area contributed by atoms with Crippen molar-refractivity contribution in [1.82, 2.24) is 15.5 Å². The number of likely N-dealkylation sites (tertiary alicyclic amines) is 1. The van der Waals surface area contributed by atoms with Crippen molar-refractivity contribution in [2.75, 3.05) is 39.3 Å². The highest BCUT2D eigenvalue weighted by Gasteiger charge is 2.22. The number of alkyl halides is 2. The average molecular weight is 429 g/mol. The molecule has 30 heavy (non-hydrogen) atoms. The molecule has 0 aromatic heterocycles. The van der Waals surface area contributed by atoms with Crippen molar-refractivity contribution in [1.29, 1.82) is 0 Å². The zero-order valence-corrected chi connectivity index (χ0v) is 17.0. The molecule has 1 aromatic rings. The molecule has 0 radical (unpaired) electrons. The van der Waals surface area contributed by atoms with Crippen LogP contribution in [0.4, 0.5) is 14.5 Å². The van der Waals surface area contributed by atoms with E-state index in [1.807, 2.05) is 6.92 Å². The van der Waals surface area contributed by atoms with E-state index in [-0.39, 0.29) is 31.4 Å². The Morgan fingerprint density at radius 2 is 2.03 bits per heavy atom. The maximum absolute atomic E-state index is 12.5. The number of ether oxygens (including phenoxy) is 1. The van der Waals surface area contributed by atoms with Gasteiger partial charge in [0.15, 0.2) is 5.96 Å². The number of aliphatic hydroxyl groups excluding tert-OH is 1. The summed E-state index contributed by atoms with van der Waals surface area (Å²) in [7, 11) is 0. The molecule has 1 aliphatic rings. The van der Waals surface area contributed by atoms with E-state index in [1.54, 1.807) is 4.90 Å². The number of rotatable bonds is 10. The van der Waals surface area contributed by atoms with Crippen LogP contribution in [0.25, 0.3) is 0 Å². The van der Waals surface area contributed by atoms with Crippen LogP contribution < -0.4 is 15.4 Å². The van der Waals surface area contributed by atoms with E-state index < -0.39 is 17.5 Å². The van der Waals surface area contributed by atoms with Gasteiger partial charge in [-0.1, -0.05) is 0 Å². The fourth-order valence-electron chi connectivity index (χ4n) is 3.07. The standard InChI is InChI=1S/C19H29F2N5O4/c1-2-22-19(24-14-7-9-25(10-8-14)12-18(20)21)23-11-16(27)13-30-17-5-3-15(4-6-17)26(28)29/h3-6,14,16,18,27H,2,7-13H2,1H3,(H2,22,23,24). The van der Waals surface area contributed by atoms with Crippen molar-refractivity contribution < 1.29 is 23.5 Å². The van der Waals surface area contributed by atoms with E-state index in [0.29, 0.717) is 31.3 Å². The zero-order valence-electron chi connectivity index (χ0n) is 17.0. The first-order valence-electron chi connectivity index (χ1n) is 9.98. The topological polar surface area (TPSA) is 112 Å². The van der Waals surface area contributed by atoms with Gasteiger partial charge in [-0.05, 0) is 31.9 Å². The third-order valence-electron chi connectivity index (χ3n) is 4.62. The van der Waals surface area contributed by atoms with Gasteiger partial charge in [-0.25, -0.2) is 8.78 Å². The third-order valence-corrected chi connectivity index (χ3v) is 4.62. The van der Waals surface area contributed by atoms with Gasteiger partial charge < -0.3 is 20.5 Å². The number of nitrogens with one attached hydrogen (secondary N) is 2. The molecule has 1 atom stereocenters. The number of hydrogen-bond donors (Lipinski definition) is 3. The second-order valence-electron chi connectivity index (χ2n) is 7.05. The molecule has 0 spiro atoms. The number of piperidine rings is 1. The zero-order chi connectivity index (χ0) is 21.9. The van der Waals surface area contributed by atoms with Crippen molar-refractivity contribution in [3.63, 3.8) is 0 Å². The van der Waals surface area contributed by atoms with Crippen LogP contribution in [0.2, 0.25) is 0 Å². The third kappa shape index (κ3) is 8.46. The number of aliphatic hydroxyl groups is 1. The van der Waals surface area contributed by atoms with Gasteiger partial charge in [0.2, 0.25) is 0 Å². The minimum Gasteiger partial charge on any atom is -0.491 e. The molecule has 0 bridgehead atoms. The van der Waals surface area contributed by atoms with Crippen LogP contribution in [0.3, 0.4) is 0 Å². The molecule has 2 rings (SSSR count). The Balaban J connectivity index is 1.77. The molecular weight excluding hydrogens is 400 g/mol. The lowest BCUT2D eigenvalue weighted by Gasteiger charge is -2.32. The van der Waals surface area contributed by atoms with Gasteiger partial charge in [0.05, 0.1) is 18.0 Å². The summed E-state index contributed by atoms with van der Waals surface area (Å²) in [4.78, 5) is 16.3. The Kier molecular flexibility index (Phi) is 9.68. The van der Waals surface area contributed by atoms with Gasteiger partial charge in [-0.15, -0.1) is 0 Å². The first-order valence-corrected chi connectivity index (χ1v) is 9.98. The number of nitro groups is 1. The molecule has 0 saturated carbocycles. The molecule has 1 fully saturated rings. The molecule has 0 aliphatic carbocycles. The highest BCUT2D eigenvalue weighted by Crippen LogP contribution is 2.17. The Bertz CT molecular complexity index is 682. The van der Waals surface area contributed by atoms with Crippen molar-refractivity contribution in [3.8, 4) is 5.75 Å². The molecular formula is C19H29F2N5O4. The number of aliphatic imine (C=N–C) groups is 1. The monoisotopic (exact) mass is 429 g/mol. The van der Waals surface area contributed by atoms with Crippen LogP contribution in [0, 0.1) is 10.1 Å². The lowest BCUT2D eigenvalue weighted by Crippen LogP contribution is -2.49. The fraction of sp³-hybridized carbons (Fsp3) is 0.632. The fourth-order valence-corrected chi connectivity index (χ4v) is 3.07. The number of non-ortho nitro benzene ring substituents is 1. The predicted octanol–water partition coefficient (Wildman–Crippen LogP) is 1.62. The summed E-state index contributed by atoms with van der Waals surface area (Å²) in [5.41, 5.74) is -0.0334. The number of hydrogen-bond acceptors (Lipinski definition) is 6. The van der Waals surface area contributed by atoms with Crippen LogP contribution >= 0.6 is 0 Å². The van der Waals surface area contributed by atoms with Gasteiger partial charge in [-0.3, -0.25) is 20.0 Å². The minimum absolute atomic E-state index is 0.00721. The summed E-state index contributed by atoms with van der Waals surface area (Å²) in [5.74, 6) is 0.975. The first kappa shape index (κ1) is 23.7. The van der Waals surface area contributed by atoms with Crippen LogP contribution in [0.15, 0.2) is 29.3 Å². The molecule has 9 nitrogen and oxygen atoms in total. The first-order chi connectivity index (χ1) is 14.4. The number of halogens is 2. The number of guanidine groups is 1. The summed E-state index contributed by atoms with van der Waals surface area (Å²) >= 11 is 0. The lowest BCUT2D eigenvalue weighted by molar-refractivity contribution is -0.384. The van der Waals surface area contributed by atoms with Gasteiger partial charge in [0.1, 0.15) is 18.5 Å². The highest BCUT2D eigenvalue weighted by molar-refractivity contribution is 5.80. The van der Waals surface area contributed by atoms with E-state index in [4.69, 9.17) is 4.74 Å². The number of nitrogens with zero attached hydrogens (tertiary/aromatic N) is 3. The van der Waals surface area contributed by atoms with Crippen LogP contribution in [0.1, 0.15) is 19.8 Å². The normalized spacial score (nSPS) is 17.0. The molecule has 1 heterocycles. The predicted molar refractivity (Wildman–Crippen MR) is 109 cm³/mol. The van der Waals surface area contributed by atoms with Gasteiger partial charge >= 0.3 is 0 Å². The molecule has 1 unspecified atom stereocenters. The van der Waals surface area contributed by atoms with Crippen molar-refractivity contribution in [2.24, 2.45) is 4.99 Å². The van der Waals surface area contributed by atoms with E-state index in [2.05, 4.69) is 15.6 Å². The Morgan fingerprint density at radius 1 is 1.37 bits per heavy atom. The molecule has 1 aromatic carbocycles. The summed E-state index contributed by atoms with van der Waals surface area (Å²) in [6.45, 7) is 3.68. The summed E-state index contributed by atoms with van der Waals surface area (Å²) in [6, 6.07) is 5.74. The maximum Gasteiger partial charge on any atom is 0.269 e.